The molecule has 0 spiro atoms. The van der Waals surface area contributed by atoms with Gasteiger partial charge < -0.3 is 5.32 Å². The number of hydrogen-bond acceptors (Lipinski definition) is 3. The van der Waals surface area contributed by atoms with E-state index in [0.717, 1.165) is 22.7 Å². The lowest BCUT2D eigenvalue weighted by Crippen LogP contribution is -2.10. The first kappa shape index (κ1) is 17.9. The van der Waals surface area contributed by atoms with E-state index in [2.05, 4.69) is 21.9 Å². The van der Waals surface area contributed by atoms with Crippen molar-refractivity contribution in [3.63, 3.8) is 0 Å². The molecule has 1 atom stereocenters. The Labute approximate surface area is 149 Å². The molecule has 134 valence electrons. The van der Waals surface area contributed by atoms with Gasteiger partial charge >= 0.3 is 0 Å². The molecule has 0 fully saturated rings. The van der Waals surface area contributed by atoms with Crippen molar-refractivity contribution in [2.75, 3.05) is 5.32 Å². The van der Waals surface area contributed by atoms with Crippen LogP contribution in [0.5, 0.6) is 0 Å². The molecule has 6 heteroatoms. The van der Waals surface area contributed by atoms with E-state index in [1.165, 1.54) is 12.1 Å². The summed E-state index contributed by atoms with van der Waals surface area (Å²) in [6, 6.07) is 7.14. The molecule has 3 aromatic rings. The predicted molar refractivity (Wildman–Crippen MR) is 97.6 cm³/mol. The molecule has 0 aliphatic heterocycles. The van der Waals surface area contributed by atoms with Crippen molar-refractivity contribution >= 4 is 22.2 Å². The maximum Gasteiger partial charge on any atom is 0.266 e. The maximum absolute atomic E-state index is 14.4. The number of nitrogens with zero attached hydrogens (tertiary/aromatic N) is 2. The minimum absolute atomic E-state index is 0.182. The minimum atomic E-state index is -2.85. The second-order valence-corrected chi connectivity index (χ2v) is 6.14. The molecule has 1 aromatic carbocycles. The second-order valence-electron chi connectivity index (χ2n) is 6.14. The molecule has 0 unspecified atom stereocenters. The van der Waals surface area contributed by atoms with Gasteiger partial charge in [0.15, 0.2) is 0 Å². The van der Waals surface area contributed by atoms with Crippen LogP contribution in [0.15, 0.2) is 49.3 Å². The number of halogens is 3. The quantitative estimate of drug-likeness (QED) is 0.616. The molecule has 2 heterocycles. The Kier molecular flexibility index (Phi) is 4.93. The van der Waals surface area contributed by atoms with Crippen LogP contribution in [0.4, 0.5) is 18.9 Å². The Balaban J connectivity index is 2.00. The van der Waals surface area contributed by atoms with Gasteiger partial charge in [-0.25, -0.2) is 13.2 Å². The standard InChI is InChI=1S/C20H18F3N3/c1-11(2)17-9-15-16(7-8-24-18(15)10-25-17)26-12(3)13-5-4-6-14(19(13)21)20(22)23/h4-10,12,20H,1H2,2-3H3,(H,24,26)/t12-/m1/s1. The summed E-state index contributed by atoms with van der Waals surface area (Å²) in [4.78, 5) is 8.57. The Morgan fingerprint density at radius 1 is 1.15 bits per heavy atom. The Bertz CT molecular complexity index is 970. The van der Waals surface area contributed by atoms with Crippen molar-refractivity contribution in [3.05, 3.63) is 71.9 Å². The fraction of sp³-hybridized carbons (Fsp3) is 0.200. The maximum atomic E-state index is 14.4. The van der Waals surface area contributed by atoms with E-state index in [0.29, 0.717) is 11.2 Å². The third kappa shape index (κ3) is 3.40. The summed E-state index contributed by atoms with van der Waals surface area (Å²) in [5.74, 6) is -0.884. The number of alkyl halides is 2. The number of allylic oxidation sites excluding steroid dienone is 1. The fourth-order valence-corrected chi connectivity index (χ4v) is 2.79. The first-order chi connectivity index (χ1) is 12.4. The van der Waals surface area contributed by atoms with Crippen molar-refractivity contribution < 1.29 is 13.2 Å². The summed E-state index contributed by atoms with van der Waals surface area (Å²) in [6.07, 6.45) is 0.409. The van der Waals surface area contributed by atoms with Crippen molar-refractivity contribution in [3.8, 4) is 0 Å². The van der Waals surface area contributed by atoms with Crippen LogP contribution in [0.25, 0.3) is 16.5 Å². The minimum Gasteiger partial charge on any atom is -0.378 e. The molecule has 0 aliphatic rings. The molecule has 0 aliphatic carbocycles. The first-order valence-electron chi connectivity index (χ1n) is 8.12. The number of rotatable bonds is 5. The monoisotopic (exact) mass is 357 g/mol. The van der Waals surface area contributed by atoms with Gasteiger partial charge in [-0.2, -0.15) is 0 Å². The first-order valence-corrected chi connectivity index (χ1v) is 8.12. The van der Waals surface area contributed by atoms with Gasteiger partial charge in [-0.05, 0) is 31.6 Å². The molecule has 3 nitrogen and oxygen atoms in total. The molecule has 1 N–H and O–H groups in total. The number of aromatic nitrogens is 2. The summed E-state index contributed by atoms with van der Waals surface area (Å²) >= 11 is 0. The van der Waals surface area contributed by atoms with Crippen LogP contribution >= 0.6 is 0 Å². The molecule has 3 rings (SSSR count). The average molecular weight is 357 g/mol. The average Bonchev–Trinajstić information content (AvgIpc) is 2.61. The van der Waals surface area contributed by atoms with Crippen LogP contribution in [0.3, 0.4) is 0 Å². The number of nitrogens with one attached hydrogen (secondary N) is 1. The number of hydrogen-bond donors (Lipinski definition) is 1. The zero-order valence-corrected chi connectivity index (χ0v) is 14.4. The highest BCUT2D eigenvalue weighted by Crippen LogP contribution is 2.31. The summed E-state index contributed by atoms with van der Waals surface area (Å²) in [5, 5.41) is 4.00. The van der Waals surface area contributed by atoms with Crippen molar-refractivity contribution in [1.29, 1.82) is 0 Å². The van der Waals surface area contributed by atoms with E-state index in [1.807, 2.05) is 13.0 Å². The summed E-state index contributed by atoms with van der Waals surface area (Å²) < 4.78 is 40.3. The van der Waals surface area contributed by atoms with E-state index < -0.39 is 23.8 Å². The van der Waals surface area contributed by atoms with Crippen LogP contribution in [0.2, 0.25) is 0 Å². The highest BCUT2D eigenvalue weighted by atomic mass is 19.3. The molecule has 0 saturated heterocycles. The molecule has 0 bridgehead atoms. The predicted octanol–water partition coefficient (Wildman–Crippen LogP) is 5.91. The van der Waals surface area contributed by atoms with Crippen molar-refractivity contribution in [2.24, 2.45) is 0 Å². The van der Waals surface area contributed by atoms with Gasteiger partial charge in [0.05, 0.1) is 29.0 Å². The van der Waals surface area contributed by atoms with Gasteiger partial charge in [0.2, 0.25) is 0 Å². The number of benzene rings is 1. The van der Waals surface area contributed by atoms with Gasteiger partial charge in [-0.1, -0.05) is 24.8 Å². The largest absolute Gasteiger partial charge is 0.378 e. The van der Waals surface area contributed by atoms with Gasteiger partial charge in [0, 0.05) is 22.8 Å². The normalized spacial score (nSPS) is 12.4. The zero-order chi connectivity index (χ0) is 18.8. The molecule has 0 amide bonds. The van der Waals surface area contributed by atoms with Crippen LogP contribution in [-0.2, 0) is 0 Å². The summed E-state index contributed by atoms with van der Waals surface area (Å²) in [7, 11) is 0. The van der Waals surface area contributed by atoms with E-state index in [1.54, 1.807) is 25.4 Å². The highest BCUT2D eigenvalue weighted by molar-refractivity contribution is 5.92. The lowest BCUT2D eigenvalue weighted by molar-refractivity contribution is 0.146. The summed E-state index contributed by atoms with van der Waals surface area (Å²) in [5.41, 5.74) is 2.52. The topological polar surface area (TPSA) is 37.8 Å². The van der Waals surface area contributed by atoms with Crippen molar-refractivity contribution in [2.45, 2.75) is 26.3 Å². The Morgan fingerprint density at radius 2 is 1.88 bits per heavy atom. The number of fused-ring (bicyclic) bond motifs is 1. The smallest absolute Gasteiger partial charge is 0.266 e. The van der Waals surface area contributed by atoms with Crippen molar-refractivity contribution in [1.82, 2.24) is 9.97 Å². The third-order valence-corrected chi connectivity index (χ3v) is 4.20. The van der Waals surface area contributed by atoms with Gasteiger partial charge in [0.25, 0.3) is 6.43 Å². The third-order valence-electron chi connectivity index (χ3n) is 4.20. The van der Waals surface area contributed by atoms with Crippen LogP contribution in [0, 0.1) is 5.82 Å². The molecule has 2 aromatic heterocycles. The van der Waals surface area contributed by atoms with E-state index >= 15 is 0 Å². The summed E-state index contributed by atoms with van der Waals surface area (Å²) in [6.45, 7) is 7.46. The van der Waals surface area contributed by atoms with Crippen LogP contribution in [0.1, 0.15) is 43.1 Å². The SMILES string of the molecule is C=C(C)c1cc2c(N[C@H](C)c3cccc(C(F)F)c3F)ccnc2cn1. The lowest BCUT2D eigenvalue weighted by Gasteiger charge is -2.19. The fourth-order valence-electron chi connectivity index (χ4n) is 2.79. The number of pyridine rings is 2. The highest BCUT2D eigenvalue weighted by Gasteiger charge is 2.19. The molecular formula is C20H18F3N3. The van der Waals surface area contributed by atoms with E-state index in [4.69, 9.17) is 0 Å². The van der Waals surface area contributed by atoms with Crippen LogP contribution < -0.4 is 5.32 Å². The Hall–Kier alpha value is -2.89. The van der Waals surface area contributed by atoms with Gasteiger partial charge in [-0.3, -0.25) is 9.97 Å². The zero-order valence-electron chi connectivity index (χ0n) is 14.4. The lowest BCUT2D eigenvalue weighted by atomic mass is 10.0. The van der Waals surface area contributed by atoms with E-state index in [9.17, 15) is 13.2 Å². The van der Waals surface area contributed by atoms with Gasteiger partial charge in [0.1, 0.15) is 5.82 Å². The number of anilines is 1. The van der Waals surface area contributed by atoms with Crippen LogP contribution in [-0.4, -0.2) is 9.97 Å². The van der Waals surface area contributed by atoms with E-state index in [-0.39, 0.29) is 5.56 Å². The molecule has 0 radical (unpaired) electrons. The van der Waals surface area contributed by atoms with Gasteiger partial charge in [-0.15, -0.1) is 0 Å². The molecule has 26 heavy (non-hydrogen) atoms. The molecule has 0 saturated carbocycles. The second kappa shape index (κ2) is 7.15. The Morgan fingerprint density at radius 3 is 2.58 bits per heavy atom. The molecular weight excluding hydrogens is 339 g/mol.